The number of nitro groups is 1. The zero-order valence-corrected chi connectivity index (χ0v) is 11.6. The Hall–Kier alpha value is -0.760. The van der Waals surface area contributed by atoms with Gasteiger partial charge in [-0.15, -0.1) is 0 Å². The van der Waals surface area contributed by atoms with Crippen LogP contribution in [0.1, 0.15) is 31.7 Å². The summed E-state index contributed by atoms with van der Waals surface area (Å²) in [5.74, 6) is -0.965. The molecule has 1 aromatic carbocycles. The molecule has 0 aliphatic carbocycles. The molecule has 0 saturated heterocycles. The average molecular weight is 353 g/mol. The Labute approximate surface area is 112 Å². The first-order chi connectivity index (χ1) is 7.88. The molecule has 1 aromatic rings. The third-order valence-electron chi connectivity index (χ3n) is 2.75. The smallest absolute Gasteiger partial charge is 0.274 e. The maximum absolute atomic E-state index is 13.4. The highest BCUT2D eigenvalue weighted by atomic mass is 127. The van der Waals surface area contributed by atoms with E-state index in [2.05, 4.69) is 0 Å². The standard InChI is InChI=1S/C11H13FINO3/c1-3-11(15)6(2)7-4-8(12)9(13)5-10(7)14(16)17/h4-6,11,15H,3H2,1-2H3. The molecule has 0 aromatic heterocycles. The van der Waals surface area contributed by atoms with Gasteiger partial charge in [0.25, 0.3) is 5.69 Å². The van der Waals surface area contributed by atoms with Gasteiger partial charge in [-0.1, -0.05) is 13.8 Å². The molecule has 0 amide bonds. The molecular weight excluding hydrogens is 340 g/mol. The van der Waals surface area contributed by atoms with Gasteiger partial charge in [-0.25, -0.2) is 4.39 Å². The van der Waals surface area contributed by atoms with E-state index in [0.717, 1.165) is 6.07 Å². The van der Waals surface area contributed by atoms with Crippen LogP contribution in [-0.4, -0.2) is 16.1 Å². The van der Waals surface area contributed by atoms with E-state index in [1.165, 1.54) is 6.07 Å². The van der Waals surface area contributed by atoms with E-state index in [9.17, 15) is 19.6 Å². The number of hydrogen-bond donors (Lipinski definition) is 1. The summed E-state index contributed by atoms with van der Waals surface area (Å²) in [4.78, 5) is 10.4. The minimum Gasteiger partial charge on any atom is -0.393 e. The van der Waals surface area contributed by atoms with Crippen LogP contribution in [0.5, 0.6) is 0 Å². The van der Waals surface area contributed by atoms with Crippen LogP contribution in [0, 0.1) is 19.5 Å². The van der Waals surface area contributed by atoms with Crippen LogP contribution < -0.4 is 0 Å². The van der Waals surface area contributed by atoms with Gasteiger partial charge in [0.15, 0.2) is 0 Å². The van der Waals surface area contributed by atoms with Crippen LogP contribution in [0.2, 0.25) is 0 Å². The van der Waals surface area contributed by atoms with E-state index in [1.54, 1.807) is 36.4 Å². The van der Waals surface area contributed by atoms with Crippen LogP contribution in [0.3, 0.4) is 0 Å². The molecule has 0 aliphatic heterocycles. The second-order valence-corrected chi connectivity index (χ2v) is 5.01. The zero-order valence-electron chi connectivity index (χ0n) is 9.48. The molecule has 17 heavy (non-hydrogen) atoms. The second-order valence-electron chi connectivity index (χ2n) is 3.85. The van der Waals surface area contributed by atoms with E-state index < -0.39 is 22.8 Å². The van der Waals surface area contributed by atoms with Crippen LogP contribution in [0.25, 0.3) is 0 Å². The maximum Gasteiger partial charge on any atom is 0.274 e. The van der Waals surface area contributed by atoms with Gasteiger partial charge in [0.2, 0.25) is 0 Å². The van der Waals surface area contributed by atoms with Crippen LogP contribution in [0.15, 0.2) is 12.1 Å². The first kappa shape index (κ1) is 14.3. The molecule has 0 radical (unpaired) electrons. The van der Waals surface area contributed by atoms with Gasteiger partial charge in [0, 0.05) is 17.5 Å². The minimum atomic E-state index is -0.715. The Kier molecular flexibility index (Phi) is 4.81. The molecule has 2 unspecified atom stereocenters. The molecule has 2 atom stereocenters. The van der Waals surface area contributed by atoms with Gasteiger partial charge in [-0.2, -0.15) is 0 Å². The molecule has 1 rings (SSSR count). The topological polar surface area (TPSA) is 63.4 Å². The fraction of sp³-hybridized carbons (Fsp3) is 0.455. The van der Waals surface area contributed by atoms with Gasteiger partial charge in [0.05, 0.1) is 14.6 Å². The predicted octanol–water partition coefficient (Wildman–Crippen LogP) is 3.21. The summed E-state index contributed by atoms with van der Waals surface area (Å²) in [5, 5.41) is 20.6. The predicted molar refractivity (Wildman–Crippen MR) is 70.5 cm³/mol. The lowest BCUT2D eigenvalue weighted by Gasteiger charge is -2.17. The summed E-state index contributed by atoms with van der Waals surface area (Å²) in [6, 6.07) is 2.34. The molecule has 0 bridgehead atoms. The summed E-state index contributed by atoms with van der Waals surface area (Å²) in [7, 11) is 0. The number of rotatable bonds is 4. The molecule has 4 nitrogen and oxygen atoms in total. The SMILES string of the molecule is CCC(O)C(C)c1cc(F)c(I)cc1[N+](=O)[O-]. The molecule has 94 valence electrons. The van der Waals surface area contributed by atoms with Crippen molar-refractivity contribution in [1.29, 1.82) is 0 Å². The van der Waals surface area contributed by atoms with Crippen molar-refractivity contribution in [2.24, 2.45) is 0 Å². The fourth-order valence-electron chi connectivity index (χ4n) is 1.64. The summed E-state index contributed by atoms with van der Waals surface area (Å²) in [6.07, 6.45) is -0.250. The van der Waals surface area contributed by atoms with E-state index in [1.807, 2.05) is 0 Å². The molecule has 0 spiro atoms. The number of aliphatic hydroxyl groups is 1. The first-order valence-corrected chi connectivity index (χ1v) is 6.27. The van der Waals surface area contributed by atoms with Crippen LogP contribution in [0.4, 0.5) is 10.1 Å². The Morgan fingerprint density at radius 2 is 2.18 bits per heavy atom. The molecule has 6 heteroatoms. The first-order valence-electron chi connectivity index (χ1n) is 5.19. The Balaban J connectivity index is 3.30. The van der Waals surface area contributed by atoms with Gasteiger partial charge in [0.1, 0.15) is 5.82 Å². The molecule has 0 aliphatic rings. The lowest BCUT2D eigenvalue weighted by Crippen LogP contribution is -2.16. The number of nitrogens with zero attached hydrogens (tertiary/aromatic N) is 1. The van der Waals surface area contributed by atoms with E-state index in [-0.39, 0.29) is 14.8 Å². The van der Waals surface area contributed by atoms with Crippen molar-refractivity contribution in [1.82, 2.24) is 0 Å². The van der Waals surface area contributed by atoms with Crippen molar-refractivity contribution in [3.8, 4) is 0 Å². The van der Waals surface area contributed by atoms with Crippen molar-refractivity contribution in [2.75, 3.05) is 0 Å². The third-order valence-corrected chi connectivity index (χ3v) is 3.58. The highest BCUT2D eigenvalue weighted by Gasteiger charge is 2.25. The summed E-state index contributed by atoms with van der Waals surface area (Å²) < 4.78 is 13.6. The summed E-state index contributed by atoms with van der Waals surface area (Å²) in [5.41, 5.74) is 0.0954. The fourth-order valence-corrected chi connectivity index (χ4v) is 2.09. The maximum atomic E-state index is 13.4. The van der Waals surface area contributed by atoms with E-state index in [4.69, 9.17) is 0 Å². The highest BCUT2D eigenvalue weighted by molar-refractivity contribution is 14.1. The molecule has 0 saturated carbocycles. The quantitative estimate of drug-likeness (QED) is 0.514. The molecule has 0 heterocycles. The van der Waals surface area contributed by atoms with Crippen LogP contribution in [-0.2, 0) is 0 Å². The van der Waals surface area contributed by atoms with E-state index >= 15 is 0 Å². The third kappa shape index (κ3) is 3.12. The number of nitro benzene ring substituents is 1. The number of aliphatic hydroxyl groups excluding tert-OH is 1. The molecule has 1 N–H and O–H groups in total. The zero-order chi connectivity index (χ0) is 13.2. The Morgan fingerprint density at radius 3 is 2.65 bits per heavy atom. The van der Waals surface area contributed by atoms with Crippen molar-refractivity contribution >= 4 is 28.3 Å². The monoisotopic (exact) mass is 353 g/mol. The van der Waals surface area contributed by atoms with Crippen molar-refractivity contribution in [3.63, 3.8) is 0 Å². The second kappa shape index (κ2) is 5.72. The van der Waals surface area contributed by atoms with Gasteiger partial charge < -0.3 is 5.11 Å². The van der Waals surface area contributed by atoms with Gasteiger partial charge >= 0.3 is 0 Å². The highest BCUT2D eigenvalue weighted by Crippen LogP contribution is 2.32. The van der Waals surface area contributed by atoms with Gasteiger partial charge in [-0.3, -0.25) is 10.1 Å². The lowest BCUT2D eigenvalue weighted by atomic mass is 9.92. The summed E-state index contributed by atoms with van der Waals surface area (Å²) >= 11 is 1.71. The number of hydrogen-bond acceptors (Lipinski definition) is 3. The Morgan fingerprint density at radius 1 is 1.59 bits per heavy atom. The summed E-state index contributed by atoms with van der Waals surface area (Å²) in [6.45, 7) is 3.43. The normalized spacial score (nSPS) is 14.4. The van der Waals surface area contributed by atoms with E-state index in [0.29, 0.717) is 6.42 Å². The number of benzene rings is 1. The van der Waals surface area contributed by atoms with Crippen molar-refractivity contribution in [2.45, 2.75) is 32.3 Å². The lowest BCUT2D eigenvalue weighted by molar-refractivity contribution is -0.385. The van der Waals surface area contributed by atoms with Crippen molar-refractivity contribution in [3.05, 3.63) is 37.2 Å². The Bertz CT molecular complexity index is 439. The van der Waals surface area contributed by atoms with Crippen molar-refractivity contribution < 1.29 is 14.4 Å². The number of halogens is 2. The molecule has 0 fully saturated rings. The van der Waals surface area contributed by atoms with Gasteiger partial charge in [-0.05, 0) is 35.1 Å². The van der Waals surface area contributed by atoms with Crippen LogP contribution >= 0.6 is 22.6 Å². The largest absolute Gasteiger partial charge is 0.393 e. The average Bonchev–Trinajstić information content (AvgIpc) is 2.29. The minimum absolute atomic E-state index is 0.143. The molecular formula is C11H13FINO3.